The van der Waals surface area contributed by atoms with Gasteiger partial charge in [-0.25, -0.2) is 4.79 Å². The number of amides is 2. The monoisotopic (exact) mass is 467 g/mol. The molecule has 0 radical (unpaired) electrons. The summed E-state index contributed by atoms with van der Waals surface area (Å²) >= 11 is 0. The molecule has 34 heavy (non-hydrogen) atoms. The van der Waals surface area contributed by atoms with Crippen molar-refractivity contribution in [1.82, 2.24) is 10.2 Å². The molecule has 1 aromatic rings. The lowest BCUT2D eigenvalue weighted by molar-refractivity contribution is -0.129. The molecule has 8 nitrogen and oxygen atoms in total. The summed E-state index contributed by atoms with van der Waals surface area (Å²) in [4.78, 5) is 27.4. The summed E-state index contributed by atoms with van der Waals surface area (Å²) in [5.41, 5.74) is 1.39. The average Bonchev–Trinajstić information content (AvgIpc) is 3.23. The largest absolute Gasteiger partial charge is 0.475 e. The SMILES string of the molecule is C/C(=C(\C#N)C(=O)N1CC2C(C)C2[C@@H]1COC(=O)N[C@@H](Cc1ccccc1)B(O)O)C(C)(C)C. The van der Waals surface area contributed by atoms with Gasteiger partial charge in [0.15, 0.2) is 0 Å². The van der Waals surface area contributed by atoms with Gasteiger partial charge in [0.2, 0.25) is 0 Å². The van der Waals surface area contributed by atoms with Crippen LogP contribution in [0.5, 0.6) is 0 Å². The summed E-state index contributed by atoms with van der Waals surface area (Å²) in [7, 11) is -1.76. The number of carbonyl (C=O) groups excluding carboxylic acids is 2. The van der Waals surface area contributed by atoms with E-state index < -0.39 is 19.2 Å². The quantitative estimate of drug-likeness (QED) is 0.321. The maximum absolute atomic E-state index is 13.3. The predicted octanol–water partition coefficient (Wildman–Crippen LogP) is 2.31. The molecule has 5 atom stereocenters. The molecule has 9 heteroatoms. The normalized spacial score (nSPS) is 24.9. The predicted molar refractivity (Wildman–Crippen MR) is 128 cm³/mol. The smallest absolute Gasteiger partial charge is 0.447 e. The second-order valence-electron chi connectivity index (χ2n) is 10.4. The number of likely N-dealkylation sites (tertiary alicyclic amines) is 1. The van der Waals surface area contributed by atoms with Crippen LogP contribution in [0.15, 0.2) is 41.5 Å². The van der Waals surface area contributed by atoms with Crippen LogP contribution in [0.3, 0.4) is 0 Å². The fraction of sp³-hybridized carbons (Fsp3) is 0.560. The Hall–Kier alpha value is -2.83. The van der Waals surface area contributed by atoms with Crippen LogP contribution in [0.2, 0.25) is 0 Å². The minimum absolute atomic E-state index is 0.0179. The Kier molecular flexibility index (Phi) is 7.74. The molecule has 1 aromatic carbocycles. The third kappa shape index (κ3) is 5.62. The van der Waals surface area contributed by atoms with E-state index in [0.717, 1.165) is 11.1 Å². The topological polar surface area (TPSA) is 123 Å². The second-order valence-corrected chi connectivity index (χ2v) is 10.4. The standard InChI is InChI=1S/C25H34BN3O5/c1-15-19-13-29(23(30)18(12-27)16(2)25(3,4)5)20(22(15)19)14-34-24(31)28-21(26(32)33)11-17-9-7-6-8-10-17/h6-10,15,19-22,32-33H,11,13-14H2,1-5H3,(H,28,31)/b18-16-/t15?,19?,20-,21-,22?/m0/s1. The van der Waals surface area contributed by atoms with E-state index in [0.29, 0.717) is 18.4 Å². The molecule has 0 aromatic heterocycles. The average molecular weight is 467 g/mol. The minimum Gasteiger partial charge on any atom is -0.447 e. The van der Waals surface area contributed by atoms with Gasteiger partial charge in [-0.05, 0) is 47.6 Å². The van der Waals surface area contributed by atoms with Crippen molar-refractivity contribution in [2.24, 2.45) is 23.2 Å². The summed E-state index contributed by atoms with van der Waals surface area (Å²) in [6.45, 7) is 10.3. The first kappa shape index (κ1) is 25.8. The van der Waals surface area contributed by atoms with Gasteiger partial charge in [-0.1, -0.05) is 58.0 Å². The van der Waals surface area contributed by atoms with Crippen LogP contribution in [0.1, 0.15) is 40.2 Å². The van der Waals surface area contributed by atoms with Gasteiger partial charge in [0.05, 0.1) is 12.0 Å². The highest BCUT2D eigenvalue weighted by molar-refractivity contribution is 6.43. The molecule has 1 saturated heterocycles. The van der Waals surface area contributed by atoms with Gasteiger partial charge in [0, 0.05) is 6.54 Å². The maximum Gasteiger partial charge on any atom is 0.475 e. The van der Waals surface area contributed by atoms with Gasteiger partial charge in [-0.2, -0.15) is 5.26 Å². The van der Waals surface area contributed by atoms with Crippen molar-refractivity contribution in [3.8, 4) is 6.07 Å². The number of ether oxygens (including phenoxy) is 1. The Morgan fingerprint density at radius 1 is 1.29 bits per heavy atom. The first-order valence-corrected chi connectivity index (χ1v) is 11.7. The van der Waals surface area contributed by atoms with Crippen LogP contribution in [0.4, 0.5) is 4.79 Å². The summed E-state index contributed by atoms with van der Waals surface area (Å²) in [6, 6.07) is 10.9. The lowest BCUT2D eigenvalue weighted by Crippen LogP contribution is -2.49. The summed E-state index contributed by atoms with van der Waals surface area (Å²) in [6.07, 6.45) is -0.550. The van der Waals surface area contributed by atoms with E-state index in [2.05, 4.69) is 18.3 Å². The molecular weight excluding hydrogens is 433 g/mol. The zero-order valence-electron chi connectivity index (χ0n) is 20.5. The highest BCUT2D eigenvalue weighted by Crippen LogP contribution is 2.55. The van der Waals surface area contributed by atoms with E-state index in [1.54, 1.807) is 4.90 Å². The van der Waals surface area contributed by atoms with Crippen molar-refractivity contribution in [2.75, 3.05) is 13.2 Å². The maximum atomic E-state index is 13.3. The van der Waals surface area contributed by atoms with Crippen molar-refractivity contribution >= 4 is 19.1 Å². The third-order valence-corrected chi connectivity index (χ3v) is 7.32. The van der Waals surface area contributed by atoms with Crippen molar-refractivity contribution in [3.63, 3.8) is 0 Å². The Balaban J connectivity index is 1.66. The molecular formula is C25H34BN3O5. The van der Waals surface area contributed by atoms with Crippen molar-refractivity contribution in [3.05, 3.63) is 47.0 Å². The molecule has 2 amide bonds. The lowest BCUT2D eigenvalue weighted by atomic mass is 9.76. The molecule has 3 rings (SSSR count). The van der Waals surface area contributed by atoms with Gasteiger partial charge in [0.1, 0.15) is 18.2 Å². The summed E-state index contributed by atoms with van der Waals surface area (Å²) in [5.74, 6) is -0.290. The first-order valence-electron chi connectivity index (χ1n) is 11.7. The summed E-state index contributed by atoms with van der Waals surface area (Å²) < 4.78 is 5.45. The first-order chi connectivity index (χ1) is 16.0. The third-order valence-electron chi connectivity index (χ3n) is 7.32. The van der Waals surface area contributed by atoms with E-state index in [1.165, 1.54) is 0 Å². The number of carbonyl (C=O) groups is 2. The van der Waals surface area contributed by atoms with Gasteiger partial charge in [-0.15, -0.1) is 0 Å². The minimum atomic E-state index is -1.76. The van der Waals surface area contributed by atoms with Crippen LogP contribution < -0.4 is 5.32 Å². The number of rotatable bonds is 7. The molecule has 1 aliphatic heterocycles. The van der Waals surface area contributed by atoms with E-state index in [9.17, 15) is 24.9 Å². The van der Waals surface area contributed by atoms with Crippen LogP contribution >= 0.6 is 0 Å². The number of allylic oxidation sites excluding steroid dienone is 1. The second kappa shape index (κ2) is 10.2. The molecule has 3 N–H and O–H groups in total. The molecule has 2 aliphatic rings. The van der Waals surface area contributed by atoms with Crippen LogP contribution in [-0.4, -0.2) is 59.2 Å². The number of nitrogens with zero attached hydrogens (tertiary/aromatic N) is 2. The molecule has 1 saturated carbocycles. The number of alkyl carbamates (subject to hydrolysis) is 1. The molecule has 182 valence electrons. The van der Waals surface area contributed by atoms with Crippen molar-refractivity contribution in [1.29, 1.82) is 5.26 Å². The number of benzene rings is 1. The molecule has 3 unspecified atom stereocenters. The number of nitrogens with one attached hydrogen (secondary N) is 1. The number of hydrogen-bond donors (Lipinski definition) is 3. The van der Waals surface area contributed by atoms with Gasteiger partial charge in [0.25, 0.3) is 5.91 Å². The number of hydrogen-bond acceptors (Lipinski definition) is 6. The molecule has 0 bridgehead atoms. The fourth-order valence-corrected chi connectivity index (χ4v) is 4.77. The van der Waals surface area contributed by atoms with Gasteiger partial charge >= 0.3 is 13.2 Å². The Labute approximate surface area is 201 Å². The van der Waals surface area contributed by atoms with Gasteiger partial charge < -0.3 is 25.0 Å². The molecule has 0 spiro atoms. The van der Waals surface area contributed by atoms with E-state index >= 15 is 0 Å². The number of piperidine rings is 1. The van der Waals surface area contributed by atoms with E-state index in [-0.39, 0.29) is 41.9 Å². The number of fused-ring (bicyclic) bond motifs is 1. The van der Waals surface area contributed by atoms with E-state index in [1.807, 2.05) is 58.0 Å². The molecule has 1 heterocycles. The van der Waals surface area contributed by atoms with Crippen LogP contribution in [-0.2, 0) is 16.0 Å². The zero-order chi connectivity index (χ0) is 25.2. The van der Waals surface area contributed by atoms with Crippen molar-refractivity contribution < 1.29 is 24.4 Å². The summed E-state index contributed by atoms with van der Waals surface area (Å²) in [5, 5.41) is 31.6. The van der Waals surface area contributed by atoms with Crippen LogP contribution in [0.25, 0.3) is 0 Å². The lowest BCUT2D eigenvalue weighted by Gasteiger charge is -2.30. The zero-order valence-corrected chi connectivity index (χ0v) is 20.5. The highest BCUT2D eigenvalue weighted by Gasteiger charge is 2.60. The Morgan fingerprint density at radius 2 is 1.94 bits per heavy atom. The van der Waals surface area contributed by atoms with Crippen LogP contribution in [0, 0.1) is 34.5 Å². The number of nitriles is 1. The molecule has 2 fully saturated rings. The van der Waals surface area contributed by atoms with Crippen molar-refractivity contribution in [2.45, 2.75) is 53.0 Å². The Bertz CT molecular complexity index is 983. The van der Waals surface area contributed by atoms with Gasteiger partial charge in [-0.3, -0.25) is 4.79 Å². The Morgan fingerprint density at radius 3 is 2.50 bits per heavy atom. The molecule has 1 aliphatic carbocycles. The highest BCUT2D eigenvalue weighted by atomic mass is 16.5. The fourth-order valence-electron chi connectivity index (χ4n) is 4.77. The van der Waals surface area contributed by atoms with E-state index in [4.69, 9.17) is 4.74 Å².